The Morgan fingerprint density at radius 3 is 2.74 bits per heavy atom. The highest BCUT2D eigenvalue weighted by atomic mass is 32.2. The van der Waals surface area contributed by atoms with Crippen molar-refractivity contribution >= 4 is 29.1 Å². The SMILES string of the molecule is Cc1nc(SCc2nc(C(C)C)no2)sc1C(=O)O. The number of thiazole rings is 1. The minimum Gasteiger partial charge on any atom is -0.477 e. The molecule has 0 saturated carbocycles. The molecule has 2 rings (SSSR count). The maximum atomic E-state index is 10.9. The Morgan fingerprint density at radius 2 is 2.21 bits per heavy atom. The molecule has 0 aliphatic heterocycles. The molecule has 2 aromatic heterocycles. The topological polar surface area (TPSA) is 89.1 Å². The zero-order chi connectivity index (χ0) is 14.0. The van der Waals surface area contributed by atoms with Gasteiger partial charge in [-0.2, -0.15) is 4.98 Å². The number of aromatic carboxylic acids is 1. The summed E-state index contributed by atoms with van der Waals surface area (Å²) in [6.07, 6.45) is 0. The molecule has 0 aromatic carbocycles. The summed E-state index contributed by atoms with van der Waals surface area (Å²) < 4.78 is 5.80. The molecule has 0 spiro atoms. The average molecular weight is 299 g/mol. The highest BCUT2D eigenvalue weighted by molar-refractivity contribution is 8.00. The maximum Gasteiger partial charge on any atom is 0.347 e. The van der Waals surface area contributed by atoms with E-state index in [-0.39, 0.29) is 10.8 Å². The molecule has 6 nitrogen and oxygen atoms in total. The van der Waals surface area contributed by atoms with Crippen LogP contribution >= 0.6 is 23.1 Å². The molecule has 0 radical (unpaired) electrons. The van der Waals surface area contributed by atoms with Crippen molar-refractivity contribution in [2.24, 2.45) is 0 Å². The molecule has 0 atom stereocenters. The van der Waals surface area contributed by atoms with Crippen LogP contribution in [0.5, 0.6) is 0 Å². The summed E-state index contributed by atoms with van der Waals surface area (Å²) >= 11 is 2.56. The largest absolute Gasteiger partial charge is 0.477 e. The lowest BCUT2D eigenvalue weighted by molar-refractivity contribution is 0.0701. The molecular formula is C11H13N3O3S2. The highest BCUT2D eigenvalue weighted by Gasteiger charge is 2.15. The van der Waals surface area contributed by atoms with Gasteiger partial charge in [0, 0.05) is 5.92 Å². The van der Waals surface area contributed by atoms with Gasteiger partial charge < -0.3 is 9.63 Å². The van der Waals surface area contributed by atoms with Gasteiger partial charge in [-0.25, -0.2) is 9.78 Å². The van der Waals surface area contributed by atoms with E-state index in [1.165, 1.54) is 11.8 Å². The Morgan fingerprint density at radius 1 is 1.47 bits per heavy atom. The number of aromatic nitrogens is 3. The van der Waals surface area contributed by atoms with Gasteiger partial charge in [0.15, 0.2) is 10.2 Å². The first-order valence-corrected chi connectivity index (χ1v) is 7.43. The third-order valence-electron chi connectivity index (χ3n) is 2.29. The third kappa shape index (κ3) is 3.32. The average Bonchev–Trinajstić information content (AvgIpc) is 2.92. The fourth-order valence-corrected chi connectivity index (χ4v) is 3.18. The molecule has 0 amide bonds. The quantitative estimate of drug-likeness (QED) is 0.849. The van der Waals surface area contributed by atoms with Crippen molar-refractivity contribution < 1.29 is 14.4 Å². The van der Waals surface area contributed by atoms with Gasteiger partial charge in [-0.15, -0.1) is 11.3 Å². The van der Waals surface area contributed by atoms with Crippen molar-refractivity contribution in [3.8, 4) is 0 Å². The van der Waals surface area contributed by atoms with E-state index in [2.05, 4.69) is 15.1 Å². The molecule has 0 fully saturated rings. The van der Waals surface area contributed by atoms with Crippen LogP contribution in [0, 0.1) is 6.92 Å². The standard InChI is InChI=1S/C11H13N3O3S2/c1-5(2)9-13-7(17-14-9)4-18-11-12-6(3)8(19-11)10(15)16/h5H,4H2,1-3H3,(H,15,16). The van der Waals surface area contributed by atoms with E-state index in [0.717, 1.165) is 11.3 Å². The van der Waals surface area contributed by atoms with Crippen LogP contribution in [0.25, 0.3) is 0 Å². The van der Waals surface area contributed by atoms with Crippen molar-refractivity contribution in [2.75, 3.05) is 0 Å². The molecule has 1 N–H and O–H groups in total. The fraction of sp³-hybridized carbons (Fsp3) is 0.455. The molecule has 8 heteroatoms. The lowest BCUT2D eigenvalue weighted by atomic mass is 10.2. The molecular weight excluding hydrogens is 286 g/mol. The molecule has 0 saturated heterocycles. The second-order valence-electron chi connectivity index (χ2n) is 4.19. The van der Waals surface area contributed by atoms with Gasteiger partial charge in [0.05, 0.1) is 11.4 Å². The van der Waals surface area contributed by atoms with Crippen LogP contribution < -0.4 is 0 Å². The smallest absolute Gasteiger partial charge is 0.347 e. The molecule has 0 aliphatic rings. The molecule has 102 valence electrons. The van der Waals surface area contributed by atoms with Crippen molar-refractivity contribution in [3.05, 3.63) is 22.3 Å². The van der Waals surface area contributed by atoms with Crippen LogP contribution in [-0.4, -0.2) is 26.2 Å². The molecule has 0 aliphatic carbocycles. The number of rotatable bonds is 5. The van der Waals surface area contributed by atoms with E-state index < -0.39 is 5.97 Å². The van der Waals surface area contributed by atoms with E-state index in [0.29, 0.717) is 27.5 Å². The van der Waals surface area contributed by atoms with Crippen molar-refractivity contribution in [1.29, 1.82) is 0 Å². The van der Waals surface area contributed by atoms with Gasteiger partial charge in [-0.3, -0.25) is 0 Å². The van der Waals surface area contributed by atoms with E-state index in [1.54, 1.807) is 6.92 Å². The number of carboxylic acid groups (broad SMARTS) is 1. The predicted molar refractivity (Wildman–Crippen MR) is 71.8 cm³/mol. The maximum absolute atomic E-state index is 10.9. The monoisotopic (exact) mass is 299 g/mol. The second kappa shape index (κ2) is 5.70. The Balaban J connectivity index is 2.02. The number of nitrogens with zero attached hydrogens (tertiary/aromatic N) is 3. The van der Waals surface area contributed by atoms with Gasteiger partial charge in [0.1, 0.15) is 4.88 Å². The number of carboxylic acids is 1. The Bertz CT molecular complexity index is 592. The number of hydrogen-bond acceptors (Lipinski definition) is 7. The fourth-order valence-electron chi connectivity index (χ4n) is 1.32. The lowest BCUT2D eigenvalue weighted by Crippen LogP contribution is -1.94. The Labute approximate surface area is 118 Å². The van der Waals surface area contributed by atoms with Crippen molar-refractivity contribution in [1.82, 2.24) is 15.1 Å². The zero-order valence-corrected chi connectivity index (χ0v) is 12.3. The number of aryl methyl sites for hydroxylation is 1. The summed E-state index contributed by atoms with van der Waals surface area (Å²) in [5.74, 6) is 0.978. The number of hydrogen-bond donors (Lipinski definition) is 1. The van der Waals surface area contributed by atoms with Gasteiger partial charge in [0.25, 0.3) is 0 Å². The summed E-state index contributed by atoms with van der Waals surface area (Å²) in [5, 5.41) is 12.8. The van der Waals surface area contributed by atoms with E-state index in [4.69, 9.17) is 9.63 Å². The van der Waals surface area contributed by atoms with Crippen LogP contribution in [0.1, 0.15) is 46.8 Å². The summed E-state index contributed by atoms with van der Waals surface area (Å²) in [4.78, 5) is 19.6. The number of thioether (sulfide) groups is 1. The normalized spacial score (nSPS) is 11.2. The molecule has 2 heterocycles. The summed E-state index contributed by atoms with van der Waals surface area (Å²) in [6.45, 7) is 5.67. The van der Waals surface area contributed by atoms with Gasteiger partial charge >= 0.3 is 5.97 Å². The zero-order valence-electron chi connectivity index (χ0n) is 10.7. The van der Waals surface area contributed by atoms with E-state index >= 15 is 0 Å². The predicted octanol–water partition coefficient (Wildman–Crippen LogP) is 2.95. The van der Waals surface area contributed by atoms with Crippen LogP contribution in [0.3, 0.4) is 0 Å². The van der Waals surface area contributed by atoms with E-state index in [1.807, 2.05) is 13.8 Å². The molecule has 19 heavy (non-hydrogen) atoms. The van der Waals surface area contributed by atoms with Crippen LogP contribution in [0.15, 0.2) is 8.86 Å². The molecule has 0 unspecified atom stereocenters. The van der Waals surface area contributed by atoms with Gasteiger partial charge in [-0.05, 0) is 6.92 Å². The molecule has 0 bridgehead atoms. The van der Waals surface area contributed by atoms with Gasteiger partial charge in [-0.1, -0.05) is 30.8 Å². The van der Waals surface area contributed by atoms with Crippen LogP contribution in [-0.2, 0) is 5.75 Å². The number of carbonyl (C=O) groups is 1. The van der Waals surface area contributed by atoms with Crippen molar-refractivity contribution in [2.45, 2.75) is 36.8 Å². The lowest BCUT2D eigenvalue weighted by Gasteiger charge is -1.92. The Kier molecular flexibility index (Phi) is 4.20. The minimum absolute atomic E-state index is 0.225. The first-order valence-electron chi connectivity index (χ1n) is 5.63. The van der Waals surface area contributed by atoms with E-state index in [9.17, 15) is 4.79 Å². The first-order chi connectivity index (χ1) is 8.97. The third-order valence-corrected chi connectivity index (χ3v) is 4.56. The minimum atomic E-state index is -0.943. The first kappa shape index (κ1) is 14.0. The Hall–Kier alpha value is -1.41. The summed E-state index contributed by atoms with van der Waals surface area (Å²) in [7, 11) is 0. The van der Waals surface area contributed by atoms with Crippen LogP contribution in [0.4, 0.5) is 0 Å². The summed E-state index contributed by atoms with van der Waals surface area (Å²) in [6, 6.07) is 0. The highest BCUT2D eigenvalue weighted by Crippen LogP contribution is 2.29. The molecule has 2 aromatic rings. The van der Waals surface area contributed by atoms with Gasteiger partial charge in [0.2, 0.25) is 5.89 Å². The second-order valence-corrected chi connectivity index (χ2v) is 6.41. The summed E-state index contributed by atoms with van der Waals surface area (Å²) in [5.41, 5.74) is 0.536. The van der Waals surface area contributed by atoms with Crippen molar-refractivity contribution in [3.63, 3.8) is 0 Å². The van der Waals surface area contributed by atoms with Crippen LogP contribution in [0.2, 0.25) is 0 Å².